The largest absolute Gasteiger partial charge is 0.481 e. The number of unbranched alkanes of at least 4 members (excludes halogenated alkanes) is 1. The Labute approximate surface area is 257 Å². The van der Waals surface area contributed by atoms with Crippen LogP contribution >= 0.6 is 0 Å². The third-order valence-electron chi connectivity index (χ3n) is 4.40. The minimum absolute atomic E-state index is 0.223. The van der Waals surface area contributed by atoms with E-state index >= 15 is 0 Å². The molecule has 2 aromatic rings. The van der Waals surface area contributed by atoms with Crippen LogP contribution in [0.15, 0.2) is 48.5 Å². The van der Waals surface area contributed by atoms with Crippen molar-refractivity contribution in [3.05, 3.63) is 54.1 Å². The number of aryl methyl sites for hydroxylation is 1. The molecule has 246 valence electrons. The van der Waals surface area contributed by atoms with E-state index in [4.69, 9.17) is 20.1 Å². The molecule has 43 heavy (non-hydrogen) atoms. The summed E-state index contributed by atoms with van der Waals surface area (Å²) in [6.45, 7) is 14.9. The number of aliphatic hydroxyl groups excluding tert-OH is 1. The quantitative estimate of drug-likeness (QED) is 0.122. The summed E-state index contributed by atoms with van der Waals surface area (Å²) in [4.78, 5) is 50.7. The van der Waals surface area contributed by atoms with Gasteiger partial charge < -0.3 is 36.1 Å². The summed E-state index contributed by atoms with van der Waals surface area (Å²) in [6, 6.07) is 12.8. The van der Waals surface area contributed by atoms with Crippen LogP contribution < -0.4 is 16.0 Å². The van der Waals surface area contributed by atoms with Gasteiger partial charge in [0.05, 0.1) is 6.54 Å². The first kappa shape index (κ1) is 48.7. The van der Waals surface area contributed by atoms with Crippen LogP contribution in [0.1, 0.15) is 72.8 Å². The molecule has 1 atom stereocenters. The number of benzene rings is 2. The van der Waals surface area contributed by atoms with Crippen LogP contribution in [0.4, 0.5) is 4.79 Å². The fourth-order valence-electron chi connectivity index (χ4n) is 2.53. The number of nitrogens with one attached hydrogen (secondary N) is 3. The number of allylic oxidation sites excluding steroid dienone is 1. The van der Waals surface area contributed by atoms with E-state index in [2.05, 4.69) is 66.9 Å². The van der Waals surface area contributed by atoms with Crippen molar-refractivity contribution in [1.82, 2.24) is 16.0 Å². The van der Waals surface area contributed by atoms with Gasteiger partial charge in [-0.15, -0.1) is 0 Å². The SMILES string of the molecule is CC.CC.CC=C=O.CCCCNC.CO.Cc1ccc2ccccc2c1.O=CCNC(=O)NC(CCC(=O)O)C(=O)O. The maximum atomic E-state index is 11.0. The number of aliphatic hydroxyl groups is 1. The van der Waals surface area contributed by atoms with Crippen LogP contribution in [-0.4, -0.2) is 78.8 Å². The lowest BCUT2D eigenvalue weighted by Crippen LogP contribution is -2.46. The van der Waals surface area contributed by atoms with E-state index in [1.807, 2.05) is 40.1 Å². The highest BCUT2D eigenvalue weighted by molar-refractivity contribution is 5.84. The molecular formula is C32H55N3O8. The number of carbonyl (C=O) groups excluding carboxylic acids is 3. The second kappa shape index (κ2) is 40.1. The molecule has 0 saturated heterocycles. The average molecular weight is 610 g/mol. The molecule has 11 nitrogen and oxygen atoms in total. The number of amides is 2. The second-order valence-electron chi connectivity index (χ2n) is 7.56. The molecule has 0 spiro atoms. The number of fused-ring (bicyclic) bond motifs is 1. The molecule has 2 aromatic carbocycles. The number of hydrogen-bond acceptors (Lipinski definition) is 7. The number of urea groups is 1. The summed E-state index contributed by atoms with van der Waals surface area (Å²) in [5.74, 6) is -0.927. The zero-order valence-electron chi connectivity index (χ0n) is 27.4. The molecular weight excluding hydrogens is 554 g/mol. The lowest BCUT2D eigenvalue weighted by molar-refractivity contribution is -0.140. The molecule has 0 heterocycles. The van der Waals surface area contributed by atoms with Crippen molar-refractivity contribution >= 4 is 41.0 Å². The minimum atomic E-state index is -1.33. The molecule has 11 heteroatoms. The Morgan fingerprint density at radius 1 is 0.977 bits per heavy atom. The Kier molecular flexibility index (Phi) is 45.4. The van der Waals surface area contributed by atoms with Crippen molar-refractivity contribution in [1.29, 1.82) is 0 Å². The highest BCUT2D eigenvalue weighted by atomic mass is 16.4. The summed E-state index contributed by atoms with van der Waals surface area (Å²) in [6.07, 6.45) is 3.76. The van der Waals surface area contributed by atoms with Gasteiger partial charge in [0.1, 0.15) is 18.3 Å². The summed E-state index contributed by atoms with van der Waals surface area (Å²) < 4.78 is 0. The molecule has 2 rings (SSSR count). The molecule has 0 bridgehead atoms. The van der Waals surface area contributed by atoms with Gasteiger partial charge in [-0.3, -0.25) is 4.79 Å². The Morgan fingerprint density at radius 2 is 1.51 bits per heavy atom. The van der Waals surface area contributed by atoms with E-state index in [0.29, 0.717) is 6.29 Å². The van der Waals surface area contributed by atoms with E-state index in [0.717, 1.165) is 13.7 Å². The lowest BCUT2D eigenvalue weighted by Gasteiger charge is -2.13. The standard InChI is InChI=1S/C11H10.C8H12N2O6.C5H13N.C3H4O.2C2H6.CH4O/c1-9-6-7-10-4-2-3-5-11(10)8-9;11-4-3-9-8(16)10-5(7(14)15)1-2-6(12)13;1-3-4-5-6-2;1-2-3-4;3*1-2/h2-8H,1H3;4-5H,1-3H2,(H,12,13)(H,14,15)(H2,9,10,16);6H,3-5H2,1-2H3;2H,1H3;2*1-2H3;2H,1H3. The van der Waals surface area contributed by atoms with Gasteiger partial charge in [-0.1, -0.05) is 89.1 Å². The zero-order valence-corrected chi connectivity index (χ0v) is 27.4. The van der Waals surface area contributed by atoms with Crippen molar-refractivity contribution in [2.45, 2.75) is 80.2 Å². The first-order valence-electron chi connectivity index (χ1n) is 14.3. The maximum absolute atomic E-state index is 11.0. The van der Waals surface area contributed by atoms with Gasteiger partial charge in [0.2, 0.25) is 0 Å². The fourth-order valence-corrected chi connectivity index (χ4v) is 2.53. The zero-order chi connectivity index (χ0) is 34.5. The predicted octanol–water partition coefficient (Wildman–Crippen LogP) is 5.01. The van der Waals surface area contributed by atoms with E-state index in [1.165, 1.54) is 35.3 Å². The van der Waals surface area contributed by atoms with Gasteiger partial charge in [0.25, 0.3) is 0 Å². The number of carbonyl (C=O) groups is 4. The normalized spacial score (nSPS) is 8.88. The lowest BCUT2D eigenvalue weighted by atomic mass is 10.1. The van der Waals surface area contributed by atoms with Crippen molar-refractivity contribution in [2.24, 2.45) is 0 Å². The molecule has 0 radical (unpaired) electrons. The van der Waals surface area contributed by atoms with Crippen LogP contribution in [0.5, 0.6) is 0 Å². The van der Waals surface area contributed by atoms with E-state index < -0.39 is 24.0 Å². The van der Waals surface area contributed by atoms with E-state index in [-0.39, 0.29) is 19.4 Å². The summed E-state index contributed by atoms with van der Waals surface area (Å²) in [7, 11) is 2.98. The van der Waals surface area contributed by atoms with Gasteiger partial charge in [0, 0.05) is 13.5 Å². The summed E-state index contributed by atoms with van der Waals surface area (Å²) in [5, 5.41) is 33.8. The predicted molar refractivity (Wildman–Crippen MR) is 175 cm³/mol. The van der Waals surface area contributed by atoms with Crippen molar-refractivity contribution < 1.29 is 39.3 Å². The third kappa shape index (κ3) is 35.9. The van der Waals surface area contributed by atoms with Gasteiger partial charge in [-0.05, 0) is 57.1 Å². The molecule has 0 aromatic heterocycles. The van der Waals surface area contributed by atoms with Gasteiger partial charge >= 0.3 is 18.0 Å². The molecule has 0 saturated carbocycles. The highest BCUT2D eigenvalue weighted by Gasteiger charge is 2.20. The number of hydrogen-bond donors (Lipinski definition) is 6. The van der Waals surface area contributed by atoms with Crippen LogP contribution in [0.2, 0.25) is 0 Å². The Hall–Kier alpha value is -4.05. The molecule has 0 aliphatic rings. The molecule has 1 unspecified atom stereocenters. The highest BCUT2D eigenvalue weighted by Crippen LogP contribution is 2.14. The van der Waals surface area contributed by atoms with Crippen molar-refractivity contribution in [3.8, 4) is 0 Å². The van der Waals surface area contributed by atoms with Crippen LogP contribution in [0.25, 0.3) is 10.8 Å². The topological polar surface area (TPSA) is 182 Å². The number of aldehydes is 1. The smallest absolute Gasteiger partial charge is 0.326 e. The number of aliphatic carboxylic acids is 2. The van der Waals surface area contributed by atoms with Crippen LogP contribution in [0, 0.1) is 6.92 Å². The van der Waals surface area contributed by atoms with Crippen LogP contribution in [0.3, 0.4) is 0 Å². The molecule has 0 aliphatic carbocycles. The van der Waals surface area contributed by atoms with Crippen molar-refractivity contribution in [3.63, 3.8) is 0 Å². The number of carboxylic acids is 2. The van der Waals surface area contributed by atoms with Crippen molar-refractivity contribution in [2.75, 3.05) is 27.2 Å². The second-order valence-corrected chi connectivity index (χ2v) is 7.56. The molecule has 0 fully saturated rings. The number of rotatable bonds is 10. The molecule has 0 aliphatic heterocycles. The Balaban J connectivity index is -0.000000154. The van der Waals surface area contributed by atoms with Gasteiger partial charge in [-0.2, -0.15) is 0 Å². The first-order valence-corrected chi connectivity index (χ1v) is 14.3. The van der Waals surface area contributed by atoms with Crippen LogP contribution in [-0.2, 0) is 19.2 Å². The van der Waals surface area contributed by atoms with E-state index in [1.54, 1.807) is 12.9 Å². The Bertz CT molecular complexity index is 989. The summed E-state index contributed by atoms with van der Waals surface area (Å²) in [5.41, 5.74) is 1.32. The number of carboxylic acid groups (broad SMARTS) is 2. The molecule has 2 amide bonds. The third-order valence-corrected chi connectivity index (χ3v) is 4.40. The minimum Gasteiger partial charge on any atom is -0.481 e. The van der Waals surface area contributed by atoms with Gasteiger partial charge in [0.15, 0.2) is 0 Å². The summed E-state index contributed by atoms with van der Waals surface area (Å²) >= 11 is 0. The van der Waals surface area contributed by atoms with E-state index in [9.17, 15) is 19.2 Å². The average Bonchev–Trinajstić information content (AvgIpc) is 3.04. The fraction of sp³-hybridized carbons (Fsp3) is 0.500. The Morgan fingerprint density at radius 3 is 1.91 bits per heavy atom. The monoisotopic (exact) mass is 609 g/mol. The first-order chi connectivity index (χ1) is 20.7. The maximum Gasteiger partial charge on any atom is 0.326 e. The molecule has 6 N–H and O–H groups in total. The van der Waals surface area contributed by atoms with Gasteiger partial charge in [-0.25, -0.2) is 14.4 Å².